The van der Waals surface area contributed by atoms with Crippen molar-refractivity contribution >= 4 is 20.8 Å². The van der Waals surface area contributed by atoms with E-state index in [0.717, 1.165) is 0 Å². The minimum absolute atomic E-state index is 0. The van der Waals surface area contributed by atoms with Crippen LogP contribution in [0.25, 0.3) is 0 Å². The Morgan fingerprint density at radius 2 is 0.750 bits per heavy atom. The minimum Gasteiger partial charge on any atom is -1.00 e. The van der Waals surface area contributed by atoms with E-state index in [1.807, 2.05) is 0 Å². The van der Waals surface area contributed by atoms with Crippen LogP contribution < -0.4 is 29.6 Å². The van der Waals surface area contributed by atoms with Gasteiger partial charge < -0.3 is 6.90 Å². The topological polar surface area (TPSA) is 181 Å². The van der Waals surface area contributed by atoms with Crippen LogP contribution in [0.15, 0.2) is 0 Å². The van der Waals surface area contributed by atoms with E-state index in [-0.39, 0.29) is 36.5 Å². The van der Waals surface area contributed by atoms with Crippen LogP contribution in [0.3, 0.4) is 0 Å². The zero-order valence-corrected chi connectivity index (χ0v) is 9.37. The van der Waals surface area contributed by atoms with E-state index in [1.54, 1.807) is 0 Å². The molecule has 0 spiro atoms. The summed E-state index contributed by atoms with van der Waals surface area (Å²) in [5, 5.41) is 0. The fraction of sp³-hybridized carbons (Fsp3) is 0. The van der Waals surface area contributed by atoms with E-state index in [4.69, 9.17) is 35.0 Å². The van der Waals surface area contributed by atoms with Gasteiger partial charge in [0.2, 0.25) is 0 Å². The Hall–Kier alpha value is 0.700. The summed E-state index contributed by atoms with van der Waals surface area (Å²) in [4.78, 5) is 0. The van der Waals surface area contributed by atoms with Gasteiger partial charge in [-0.15, -0.1) is 0 Å². The Morgan fingerprint density at radius 3 is 0.750 bits per heavy atom. The largest absolute Gasteiger partial charge is 1.00 e. The molecule has 0 atom stereocenters. The van der Waals surface area contributed by atoms with Gasteiger partial charge in [-0.1, -0.05) is 0 Å². The van der Waals surface area contributed by atoms with Gasteiger partial charge in [-0.05, 0) is 0 Å². The maximum Gasteiger partial charge on any atom is 1.00 e. The Kier molecular flexibility index (Phi) is 15.9. The van der Waals surface area contributed by atoms with Crippen LogP contribution in [-0.4, -0.2) is 40.5 Å². The number of rotatable bonds is 0. The first-order valence-electron chi connectivity index (χ1n) is 1.40. The zero-order valence-electron chi connectivity index (χ0n) is 6.74. The normalized spacial score (nSPS) is 9.67. The third-order valence-electron chi connectivity index (χ3n) is 0. The summed E-state index contributed by atoms with van der Waals surface area (Å²) >= 11 is 0. The van der Waals surface area contributed by atoms with Gasteiger partial charge in [0.05, 0.1) is 0 Å². The molecule has 0 aliphatic heterocycles. The Balaban J connectivity index is -0.0000000267. The molecule has 0 aliphatic carbocycles. The van der Waals surface area contributed by atoms with Crippen LogP contribution in [0.2, 0.25) is 0 Å². The van der Waals surface area contributed by atoms with Crippen molar-refractivity contribution in [1.29, 1.82) is 0 Å². The SMILES string of the molecule is O.O=S(=O)(O)O.O=S(=O)(O)O.[H-].[Na+]. The molecule has 0 rings (SSSR count). The van der Waals surface area contributed by atoms with Crippen molar-refractivity contribution in [2.24, 2.45) is 0 Å². The van der Waals surface area contributed by atoms with Crippen molar-refractivity contribution < 1.29 is 71.5 Å². The van der Waals surface area contributed by atoms with Crippen molar-refractivity contribution in [3.63, 3.8) is 0 Å². The van der Waals surface area contributed by atoms with Crippen molar-refractivity contribution in [2.75, 3.05) is 0 Å². The predicted molar refractivity (Wildman–Crippen MR) is 33.1 cm³/mol. The van der Waals surface area contributed by atoms with Crippen molar-refractivity contribution in [3.05, 3.63) is 0 Å². The molecule has 12 heteroatoms. The summed E-state index contributed by atoms with van der Waals surface area (Å²) in [5.74, 6) is 0. The fourth-order valence-corrected chi connectivity index (χ4v) is 0. The molecule has 0 aromatic heterocycles. The third kappa shape index (κ3) is 2050. The molecule has 0 amide bonds. The fourth-order valence-electron chi connectivity index (χ4n) is 0. The summed E-state index contributed by atoms with van der Waals surface area (Å²) in [6.07, 6.45) is 0. The molecule has 0 aliphatic rings. The summed E-state index contributed by atoms with van der Waals surface area (Å²) in [7, 11) is -9.33. The molecular weight excluding hydrogens is 231 g/mol. The van der Waals surface area contributed by atoms with E-state index in [1.165, 1.54) is 0 Å². The first-order chi connectivity index (χ1) is 4.00. The van der Waals surface area contributed by atoms with E-state index < -0.39 is 20.8 Å². The summed E-state index contributed by atoms with van der Waals surface area (Å²) in [6.45, 7) is 0. The van der Waals surface area contributed by atoms with Gasteiger partial charge in [-0.25, -0.2) is 0 Å². The third-order valence-corrected chi connectivity index (χ3v) is 0. The van der Waals surface area contributed by atoms with Crippen LogP contribution in [0.1, 0.15) is 1.43 Å². The summed E-state index contributed by atoms with van der Waals surface area (Å²) in [5.41, 5.74) is 0. The van der Waals surface area contributed by atoms with E-state index in [2.05, 4.69) is 0 Å². The van der Waals surface area contributed by atoms with Crippen molar-refractivity contribution in [2.45, 2.75) is 0 Å². The molecule has 0 saturated carbocycles. The molecule has 0 unspecified atom stereocenters. The Labute approximate surface area is 92.0 Å². The molecule has 9 nitrogen and oxygen atoms in total. The molecule has 0 heterocycles. The second-order valence-corrected chi connectivity index (χ2v) is 2.69. The van der Waals surface area contributed by atoms with E-state index in [0.29, 0.717) is 0 Å². The Morgan fingerprint density at radius 1 is 0.750 bits per heavy atom. The molecule has 12 heavy (non-hydrogen) atoms. The number of hydrogen-bond acceptors (Lipinski definition) is 4. The van der Waals surface area contributed by atoms with Gasteiger partial charge in [0, 0.05) is 0 Å². The zero-order chi connectivity index (χ0) is 9.00. The average Bonchev–Trinajstić information content (AvgIpc) is 1.12. The van der Waals surface area contributed by atoms with Gasteiger partial charge in [0.1, 0.15) is 0 Å². The van der Waals surface area contributed by atoms with Crippen molar-refractivity contribution in [3.8, 4) is 0 Å². The predicted octanol–water partition coefficient (Wildman–Crippen LogP) is -5.01. The average molecular weight is 238 g/mol. The molecule has 0 saturated heterocycles. The van der Waals surface area contributed by atoms with Gasteiger partial charge >= 0.3 is 50.4 Å². The molecule has 0 radical (unpaired) electrons. The quantitative estimate of drug-likeness (QED) is 0.239. The molecule has 74 valence electrons. The molecular formula is H7NaO9S2. The summed E-state index contributed by atoms with van der Waals surface area (Å²) < 4.78 is 63.2. The first-order valence-corrected chi connectivity index (χ1v) is 4.19. The van der Waals surface area contributed by atoms with Crippen LogP contribution >= 0.6 is 0 Å². The van der Waals surface area contributed by atoms with Gasteiger partial charge in [-0.3, -0.25) is 18.2 Å². The minimum atomic E-state index is -4.67. The van der Waals surface area contributed by atoms with Crippen LogP contribution in [0.5, 0.6) is 0 Å². The molecule has 0 bridgehead atoms. The molecule has 6 N–H and O–H groups in total. The summed E-state index contributed by atoms with van der Waals surface area (Å²) in [6, 6.07) is 0. The monoisotopic (exact) mass is 238 g/mol. The van der Waals surface area contributed by atoms with Gasteiger partial charge in [0.25, 0.3) is 0 Å². The maximum atomic E-state index is 8.74. The molecule has 0 aromatic rings. The van der Waals surface area contributed by atoms with E-state index in [9.17, 15) is 0 Å². The van der Waals surface area contributed by atoms with Crippen LogP contribution in [-0.2, 0) is 20.8 Å². The maximum absolute atomic E-state index is 8.74. The van der Waals surface area contributed by atoms with Crippen LogP contribution in [0, 0.1) is 0 Å². The second kappa shape index (κ2) is 8.31. The Bertz CT molecular complexity index is 214. The smallest absolute Gasteiger partial charge is 1.00 e. The second-order valence-electron chi connectivity index (χ2n) is 0.896. The van der Waals surface area contributed by atoms with Gasteiger partial charge in [-0.2, -0.15) is 16.8 Å². The van der Waals surface area contributed by atoms with E-state index >= 15 is 0 Å². The van der Waals surface area contributed by atoms with Gasteiger partial charge in [0.15, 0.2) is 0 Å². The van der Waals surface area contributed by atoms with Crippen molar-refractivity contribution in [1.82, 2.24) is 0 Å². The molecule has 0 aromatic carbocycles. The first kappa shape index (κ1) is 23.0. The molecule has 0 fully saturated rings. The number of hydrogen-bond donors (Lipinski definition) is 4. The van der Waals surface area contributed by atoms with Crippen LogP contribution in [0.4, 0.5) is 0 Å². The standard InChI is InChI=1S/Na.2H2O4S.H2O.H/c;2*1-5(2,3)4;;/h;2*(H2,1,2,3,4);1H2;/q+1;;;;-1.